The molecular weight excluding hydrogens is 1930 g/mol. The number of hydrogen-bond acceptors (Lipinski definition) is 24. The molecule has 2 aromatic heterocycles. The van der Waals surface area contributed by atoms with Gasteiger partial charge in [0.25, 0.3) is 0 Å². The molecule has 0 saturated carbocycles. The van der Waals surface area contributed by atoms with E-state index in [1.165, 1.54) is 180 Å². The van der Waals surface area contributed by atoms with Crippen LogP contribution < -0.4 is 75.3 Å². The molecule has 146 heavy (non-hydrogen) atoms. The Morgan fingerprint density at radius 2 is 1.05 bits per heavy atom. The number of rotatable bonds is 52. The number of halogens is 2. The van der Waals surface area contributed by atoms with Gasteiger partial charge in [-0.1, -0.05) is 120 Å². The fourth-order valence-corrected chi connectivity index (χ4v) is 18.9. The van der Waals surface area contributed by atoms with E-state index in [1.54, 1.807) is 0 Å². The van der Waals surface area contributed by atoms with Gasteiger partial charge in [0.1, 0.15) is 90.5 Å². The van der Waals surface area contributed by atoms with Crippen LogP contribution in [-0.4, -0.2) is 282 Å². The summed E-state index contributed by atoms with van der Waals surface area (Å²) < 4.78 is 52.4. The summed E-state index contributed by atoms with van der Waals surface area (Å²) in [5.41, 5.74) is 13.7. The Balaban J connectivity index is 0.913. The van der Waals surface area contributed by atoms with Crippen molar-refractivity contribution in [2.24, 2.45) is 11.5 Å². The van der Waals surface area contributed by atoms with Gasteiger partial charge in [0.2, 0.25) is 82.7 Å². The lowest BCUT2D eigenvalue weighted by molar-refractivity contribution is -0.147. The summed E-state index contributed by atoms with van der Waals surface area (Å²) >= 11 is 2.77. The van der Waals surface area contributed by atoms with E-state index in [1.807, 2.05) is 24.3 Å². The number of phenolic OH excluding ortho intramolecular Hbond substituents is 1. The monoisotopic (exact) mass is 2080 g/mol. The second-order valence-electron chi connectivity index (χ2n) is 37.2. The molecule has 2 aliphatic rings. The number of nitrogens with two attached hydrogens (primary N) is 2. The molecule has 6 aromatic rings. The number of unbranched alkanes of at least 4 members (excludes halogenated alkanes) is 14. The van der Waals surface area contributed by atoms with E-state index in [2.05, 4.69) is 80.7 Å². The van der Waals surface area contributed by atoms with Crippen molar-refractivity contribution < 1.29 is 115 Å². The van der Waals surface area contributed by atoms with Crippen molar-refractivity contribution in [2.45, 2.75) is 285 Å². The molecule has 0 spiro atoms. The van der Waals surface area contributed by atoms with Gasteiger partial charge in [-0.25, -0.2) is 13.6 Å². The second kappa shape index (κ2) is 65.0. The molecule has 0 aliphatic carbocycles. The summed E-state index contributed by atoms with van der Waals surface area (Å²) in [4.78, 5) is 218. The van der Waals surface area contributed by atoms with Crippen LogP contribution in [0.2, 0.25) is 0 Å². The number of carboxylic acid groups (broad SMARTS) is 1. The Morgan fingerprint density at radius 1 is 0.541 bits per heavy atom. The zero-order valence-electron chi connectivity index (χ0n) is 84.1. The molecule has 43 heteroatoms. The Bertz CT molecular complexity index is 5210. The number of ether oxygens (including phenoxy) is 4. The molecule has 14 amide bonds. The maximum atomic E-state index is 15.6. The van der Waals surface area contributed by atoms with Gasteiger partial charge in [0.15, 0.2) is 0 Å². The van der Waals surface area contributed by atoms with Gasteiger partial charge in [-0.15, -0.1) is 0 Å². The highest BCUT2D eigenvalue weighted by molar-refractivity contribution is 7.98. The molecule has 804 valence electrons. The van der Waals surface area contributed by atoms with Crippen LogP contribution in [0.5, 0.6) is 5.75 Å². The quantitative estimate of drug-likeness (QED) is 0.0197. The van der Waals surface area contributed by atoms with Crippen LogP contribution in [0.15, 0.2) is 97.3 Å². The summed E-state index contributed by atoms with van der Waals surface area (Å²) in [7, 11) is 0. The van der Waals surface area contributed by atoms with Crippen LogP contribution in [0.25, 0.3) is 21.8 Å². The molecule has 2 aliphatic heterocycles. The van der Waals surface area contributed by atoms with Crippen molar-refractivity contribution in [3.63, 3.8) is 0 Å². The summed E-state index contributed by atoms with van der Waals surface area (Å²) in [5, 5.41) is 64.4. The minimum atomic E-state index is -1.94. The number of aromatic hydroxyl groups is 1. The number of aromatic amines is 2. The molecule has 4 aromatic carbocycles. The fraction of sp³-hybridized carbons (Fsp3) is 0.583. The van der Waals surface area contributed by atoms with Crippen molar-refractivity contribution in [1.29, 1.82) is 0 Å². The molecule has 0 unspecified atom stereocenters. The lowest BCUT2D eigenvalue weighted by Crippen LogP contribution is -2.64. The summed E-state index contributed by atoms with van der Waals surface area (Å²) in [6.45, 7) is 6.30. The smallest absolute Gasteiger partial charge is 0.326 e. The van der Waals surface area contributed by atoms with Crippen LogP contribution in [0.1, 0.15) is 216 Å². The van der Waals surface area contributed by atoms with Gasteiger partial charge in [-0.05, 0) is 168 Å². The molecule has 21 N–H and O–H groups in total. The first-order chi connectivity index (χ1) is 70.2. The molecule has 0 radical (unpaired) electrons. The third-order valence-electron chi connectivity index (χ3n) is 25.3. The number of carbonyl (C=O) groups is 15. The number of carbonyl (C=O) groups excluding carboxylic acids is 14. The number of aliphatic hydroxyl groups is 1. The number of H-pyrrole nitrogens is 2. The summed E-state index contributed by atoms with van der Waals surface area (Å²) in [6, 6.07) is 7.30. The van der Waals surface area contributed by atoms with Crippen LogP contribution in [0, 0.1) is 11.6 Å². The average Bonchev–Trinajstić information content (AvgIpc) is 1.64. The average molecular weight is 2080 g/mol. The number of nitrogens with one attached hydrogen (secondary N) is 14. The number of aromatic nitrogens is 2. The highest BCUT2D eigenvalue weighted by Gasteiger charge is 2.49. The van der Waals surface area contributed by atoms with Crippen molar-refractivity contribution in [3.05, 3.63) is 137 Å². The highest BCUT2D eigenvalue weighted by Crippen LogP contribution is 2.33. The molecule has 1 saturated heterocycles. The number of aliphatic hydroxyl groups excluding tert-OH is 1. The zero-order valence-corrected chi connectivity index (χ0v) is 85.7. The lowest BCUT2D eigenvalue weighted by atomic mass is 9.95. The number of benzene rings is 4. The molecule has 11 atom stereocenters. The van der Waals surface area contributed by atoms with E-state index >= 15 is 32.8 Å². The third-order valence-corrected chi connectivity index (χ3v) is 27.5. The second-order valence-corrected chi connectivity index (χ2v) is 39.3. The van der Waals surface area contributed by atoms with E-state index in [9.17, 15) is 63.3 Å². The Labute approximate surface area is 859 Å². The number of phenols is 1. The Hall–Kier alpha value is -11.9. The third kappa shape index (κ3) is 42.5. The standard InChI is InChI=1S/C103H149F2N17O22S2/c1-5-6-7-8-9-10-11-12-13-14-15-16-17-28-88(126)115-82(101(138)139)37-38-87(125)109-43-46-141-48-51-144-62-91(129)110-44-47-142-49-50-143-61-90(128)108-42-21-19-27-81-96(133)121-92(67(3)123)99(136)119-85(54-68-29-33-75(124)34-30-68)100(137)122-45-23-40-103(122,4)102(140)120-86(93(107)130)65-146-64-70-25-22-24-69(53-70)63-145-52-39-89(127)114-80(26-18-20-41-106)95(132)113-66(2)94(131)117-83(55-71-59-111-78-35-31-73(104)57-76(71)78)98(135)118-84(97(134)116-81)56-72-60-112-79-36-32-74(105)58-77(72)79/h22,24-25,29-36,53,57-60,66-67,80-86,92,111-112,123-124H,5-21,23,26-28,37-52,54-56,61-65,106H2,1-4H3,(H2,107,130)(H,108,128)(H,109,125)(H,110,129)(H,113,132)(H,114,127)(H,115,126)(H,116,134)(H,117,131)(H,118,135)(H,119,136)(H,120,140)(H,121,133)(H,138,139)/t66-,67-,80+,81+,82+,83+,84+,85+,86+,92+,103+/m1/s1. The van der Waals surface area contributed by atoms with Gasteiger partial charge >= 0.3 is 5.97 Å². The maximum absolute atomic E-state index is 15.6. The normalized spacial score (nSPS) is 20.2. The van der Waals surface area contributed by atoms with Crippen molar-refractivity contribution in [2.75, 3.05) is 97.1 Å². The number of fused-ring (bicyclic) bond motifs is 5. The predicted octanol–water partition coefficient (Wildman–Crippen LogP) is 5.92. The van der Waals surface area contributed by atoms with Crippen LogP contribution in [0.3, 0.4) is 0 Å². The van der Waals surface area contributed by atoms with Gasteiger partial charge in [-0.2, -0.15) is 23.5 Å². The predicted molar refractivity (Wildman–Crippen MR) is 549 cm³/mol. The van der Waals surface area contributed by atoms with Gasteiger partial charge in [0.05, 0.1) is 45.7 Å². The first-order valence-electron chi connectivity index (χ1n) is 50.8. The van der Waals surface area contributed by atoms with Crippen LogP contribution in [-0.2, 0) is 122 Å². The first kappa shape index (κ1) is 119. The highest BCUT2D eigenvalue weighted by atomic mass is 32.2. The molecular formula is C103H149F2N17O22S2. The van der Waals surface area contributed by atoms with Crippen molar-refractivity contribution >= 4 is 134 Å². The SMILES string of the molecule is CCCCCCCCCCCCCCCC(=O)N[C@@H](CCC(=O)NCCOCCOCC(=O)NCCOCCOCC(=O)NCCCC[C@@H]1NC(=O)[C@H](Cc2c[nH]c3ccc(F)cc23)NC(=O)[C@H](Cc2c[nH]c3ccc(F)cc23)NC(=O)[C@@H](C)NC(=O)[C@H](CCCCN)NC(=O)CCSCc2cccc(c2)CSC[C@@H](C(N)=O)NC(=O)[C@]2(C)CCCN2C(=O)[C@H](Cc2ccc(O)cc2)NC(=O)[C@H]([C@@H](C)O)NC1=O)C(=O)O. The summed E-state index contributed by atoms with van der Waals surface area (Å²) in [5.74, 6) is -12.1. The van der Waals surface area contributed by atoms with Crippen LogP contribution in [0.4, 0.5) is 8.78 Å². The zero-order chi connectivity index (χ0) is 106. The molecule has 4 heterocycles. The Morgan fingerprint density at radius 3 is 1.62 bits per heavy atom. The van der Waals surface area contributed by atoms with Crippen molar-refractivity contribution in [1.82, 2.24) is 78.7 Å². The van der Waals surface area contributed by atoms with E-state index in [0.29, 0.717) is 64.1 Å². The minimum absolute atomic E-state index is 0.0102. The van der Waals surface area contributed by atoms with E-state index < -0.39 is 180 Å². The first-order valence-corrected chi connectivity index (χ1v) is 53.1. The van der Waals surface area contributed by atoms with E-state index in [0.717, 1.165) is 30.4 Å². The van der Waals surface area contributed by atoms with Gasteiger partial charge in [0, 0.05) is 122 Å². The minimum Gasteiger partial charge on any atom is -0.508 e. The molecule has 1 fully saturated rings. The number of amides is 14. The van der Waals surface area contributed by atoms with Crippen molar-refractivity contribution in [3.8, 4) is 5.75 Å². The molecule has 39 nitrogen and oxygen atoms in total. The van der Waals surface area contributed by atoms with Crippen LogP contribution >= 0.6 is 23.5 Å². The van der Waals surface area contributed by atoms with E-state index in [4.69, 9.17) is 30.4 Å². The number of thioether (sulfide) groups is 2. The number of hydrogen-bond donors (Lipinski definition) is 19. The molecule has 2 bridgehead atoms. The fourth-order valence-electron chi connectivity index (χ4n) is 17.0. The largest absolute Gasteiger partial charge is 0.508 e. The topological polar surface area (TPSA) is 585 Å². The number of carboxylic acids is 1. The number of aliphatic carboxylic acids is 1. The van der Waals surface area contributed by atoms with Gasteiger partial charge in [-0.3, -0.25) is 67.1 Å². The molecule has 8 rings (SSSR count). The van der Waals surface area contributed by atoms with E-state index in [-0.39, 0.29) is 178 Å². The summed E-state index contributed by atoms with van der Waals surface area (Å²) in [6.07, 6.45) is 16.4. The lowest BCUT2D eigenvalue weighted by Gasteiger charge is -2.37. The Kier molecular flexibility index (Phi) is 53.1. The number of primary amides is 1. The van der Waals surface area contributed by atoms with Gasteiger partial charge < -0.3 is 124 Å². The number of nitrogens with zero attached hydrogens (tertiary/aromatic N) is 1. The maximum Gasteiger partial charge on any atom is 0.326 e.